The molecule has 6 nitrogen and oxygen atoms in total. The van der Waals surface area contributed by atoms with E-state index in [1.165, 1.54) is 0 Å². The molecule has 0 aliphatic carbocycles. The highest BCUT2D eigenvalue weighted by Crippen LogP contribution is 2.23. The molecule has 26 heavy (non-hydrogen) atoms. The van der Waals surface area contributed by atoms with E-state index in [1.807, 2.05) is 6.92 Å². The number of ether oxygens (including phenoxy) is 1. The number of anilines is 1. The van der Waals surface area contributed by atoms with Crippen LogP contribution in [0.3, 0.4) is 0 Å². The summed E-state index contributed by atoms with van der Waals surface area (Å²) >= 11 is 6.06. The molecule has 2 rings (SSSR count). The van der Waals surface area contributed by atoms with Crippen molar-refractivity contribution in [3.63, 3.8) is 0 Å². The van der Waals surface area contributed by atoms with Crippen molar-refractivity contribution >= 4 is 33.2 Å². The largest absolute Gasteiger partial charge is 0.497 e. The number of methoxy groups -OCH3 is 1. The van der Waals surface area contributed by atoms with E-state index < -0.39 is 16.1 Å². The Hall–Kier alpha value is -2.09. The molecular formula is C18H21ClN2O4S. The van der Waals surface area contributed by atoms with Crippen LogP contribution in [0.5, 0.6) is 5.75 Å². The zero-order valence-corrected chi connectivity index (χ0v) is 16.3. The third kappa shape index (κ3) is 6.01. The zero-order chi connectivity index (χ0) is 19.3. The topological polar surface area (TPSA) is 84.5 Å². The van der Waals surface area contributed by atoms with Gasteiger partial charge in [-0.1, -0.05) is 29.8 Å². The predicted molar refractivity (Wildman–Crippen MR) is 103 cm³/mol. The number of carbonyl (C=O) groups is 1. The summed E-state index contributed by atoms with van der Waals surface area (Å²) < 4.78 is 30.9. The molecule has 0 saturated carbocycles. The van der Waals surface area contributed by atoms with E-state index in [-0.39, 0.29) is 12.3 Å². The third-order valence-electron chi connectivity index (χ3n) is 3.72. The van der Waals surface area contributed by atoms with Crippen molar-refractivity contribution in [3.05, 3.63) is 58.6 Å². The Kier molecular flexibility index (Phi) is 6.63. The quantitative estimate of drug-likeness (QED) is 0.752. The molecule has 0 unspecified atom stereocenters. The fourth-order valence-electron chi connectivity index (χ4n) is 2.39. The number of hydrogen-bond acceptors (Lipinski definition) is 4. The second kappa shape index (κ2) is 8.53. The van der Waals surface area contributed by atoms with Crippen LogP contribution in [0.2, 0.25) is 5.02 Å². The minimum Gasteiger partial charge on any atom is -0.497 e. The van der Waals surface area contributed by atoms with Crippen molar-refractivity contribution in [2.24, 2.45) is 0 Å². The van der Waals surface area contributed by atoms with Gasteiger partial charge in [0.05, 0.1) is 19.4 Å². The van der Waals surface area contributed by atoms with Crippen LogP contribution in [-0.4, -0.2) is 27.7 Å². The van der Waals surface area contributed by atoms with Crippen molar-refractivity contribution in [2.75, 3.05) is 18.7 Å². The van der Waals surface area contributed by atoms with Gasteiger partial charge in [0.2, 0.25) is 15.9 Å². The van der Waals surface area contributed by atoms with Crippen LogP contribution in [0.1, 0.15) is 23.6 Å². The Morgan fingerprint density at radius 1 is 1.19 bits per heavy atom. The number of hydrogen-bond donors (Lipinski definition) is 2. The van der Waals surface area contributed by atoms with Gasteiger partial charge in [0.25, 0.3) is 0 Å². The Balaban J connectivity index is 2.16. The lowest BCUT2D eigenvalue weighted by molar-refractivity contribution is -0.116. The first-order valence-corrected chi connectivity index (χ1v) is 10.1. The molecule has 0 heterocycles. The van der Waals surface area contributed by atoms with Gasteiger partial charge < -0.3 is 10.1 Å². The van der Waals surface area contributed by atoms with Gasteiger partial charge in [0.15, 0.2) is 0 Å². The lowest BCUT2D eigenvalue weighted by Gasteiger charge is -2.18. The van der Waals surface area contributed by atoms with Gasteiger partial charge in [-0.15, -0.1) is 0 Å². The molecule has 2 aromatic rings. The van der Waals surface area contributed by atoms with Crippen LogP contribution in [0, 0.1) is 6.92 Å². The fourth-order valence-corrected chi connectivity index (χ4v) is 3.31. The molecule has 1 amide bonds. The molecule has 0 saturated heterocycles. The molecule has 0 bridgehead atoms. The number of halogens is 1. The van der Waals surface area contributed by atoms with E-state index in [0.717, 1.165) is 11.8 Å². The first-order valence-electron chi connectivity index (χ1n) is 7.85. The highest BCUT2D eigenvalue weighted by Gasteiger charge is 2.20. The first kappa shape index (κ1) is 20.2. The summed E-state index contributed by atoms with van der Waals surface area (Å²) in [7, 11) is -1.96. The summed E-state index contributed by atoms with van der Waals surface area (Å²) in [4.78, 5) is 12.4. The number of sulfonamides is 1. The van der Waals surface area contributed by atoms with Gasteiger partial charge in [0.1, 0.15) is 5.75 Å². The maximum atomic E-state index is 12.4. The molecule has 0 spiro atoms. The molecule has 8 heteroatoms. The normalized spacial score (nSPS) is 12.5. The molecule has 140 valence electrons. The molecule has 0 aliphatic heterocycles. The molecule has 2 aromatic carbocycles. The lowest BCUT2D eigenvalue weighted by Crippen LogP contribution is -2.30. The Bertz CT molecular complexity index is 883. The number of benzene rings is 2. The second-order valence-electron chi connectivity index (χ2n) is 5.93. The van der Waals surface area contributed by atoms with E-state index >= 15 is 0 Å². The number of carbonyl (C=O) groups excluding carboxylic acids is 1. The van der Waals surface area contributed by atoms with Crippen LogP contribution in [0.4, 0.5) is 5.69 Å². The minimum absolute atomic E-state index is 0.0646. The van der Waals surface area contributed by atoms with Crippen molar-refractivity contribution in [1.29, 1.82) is 0 Å². The maximum absolute atomic E-state index is 12.4. The summed E-state index contributed by atoms with van der Waals surface area (Å²) in [6, 6.07) is 11.4. The van der Waals surface area contributed by atoms with Gasteiger partial charge in [-0.3, -0.25) is 4.79 Å². The number of rotatable bonds is 7. The minimum atomic E-state index is -3.50. The summed E-state index contributed by atoms with van der Waals surface area (Å²) in [6.07, 6.45) is 0.992. The van der Waals surface area contributed by atoms with E-state index in [0.29, 0.717) is 22.0 Å². The van der Waals surface area contributed by atoms with E-state index in [2.05, 4.69) is 10.0 Å². The van der Waals surface area contributed by atoms with Gasteiger partial charge >= 0.3 is 0 Å². The Morgan fingerprint density at radius 3 is 2.38 bits per heavy atom. The monoisotopic (exact) mass is 396 g/mol. The van der Waals surface area contributed by atoms with Crippen molar-refractivity contribution < 1.29 is 17.9 Å². The van der Waals surface area contributed by atoms with Gasteiger partial charge in [0, 0.05) is 17.1 Å². The summed E-state index contributed by atoms with van der Waals surface area (Å²) in [5.41, 5.74) is 2.12. The summed E-state index contributed by atoms with van der Waals surface area (Å²) in [5, 5.41) is 3.28. The van der Waals surface area contributed by atoms with Crippen molar-refractivity contribution in [3.8, 4) is 5.75 Å². The standard InChI is InChI=1S/C18H21ClN2O4S/c1-12-4-7-14(10-16(12)19)20-18(22)11-17(21-26(3,23)24)13-5-8-15(25-2)9-6-13/h4-10,17,21H,11H2,1-3H3,(H,20,22)/t17-/m1/s1. The molecule has 0 fully saturated rings. The molecular weight excluding hydrogens is 376 g/mol. The highest BCUT2D eigenvalue weighted by atomic mass is 35.5. The number of nitrogens with one attached hydrogen (secondary N) is 2. The van der Waals surface area contributed by atoms with Gasteiger partial charge in [-0.2, -0.15) is 0 Å². The number of amides is 1. The highest BCUT2D eigenvalue weighted by molar-refractivity contribution is 7.88. The smallest absolute Gasteiger partial charge is 0.226 e. The average molecular weight is 397 g/mol. The number of aryl methyl sites for hydroxylation is 1. The lowest BCUT2D eigenvalue weighted by atomic mass is 10.0. The fraction of sp³-hybridized carbons (Fsp3) is 0.278. The summed E-state index contributed by atoms with van der Waals surface area (Å²) in [5.74, 6) is 0.312. The van der Waals surface area contributed by atoms with Gasteiger partial charge in [-0.25, -0.2) is 13.1 Å². The van der Waals surface area contributed by atoms with Crippen LogP contribution >= 0.6 is 11.6 Å². The average Bonchev–Trinajstić information content (AvgIpc) is 2.56. The second-order valence-corrected chi connectivity index (χ2v) is 8.12. The van der Waals surface area contributed by atoms with Crippen LogP contribution in [0.15, 0.2) is 42.5 Å². The van der Waals surface area contributed by atoms with E-state index in [1.54, 1.807) is 49.6 Å². The molecule has 0 aliphatic rings. The first-order chi connectivity index (χ1) is 12.2. The SMILES string of the molecule is COc1ccc([C@@H](CC(=O)Nc2ccc(C)c(Cl)c2)NS(C)(=O)=O)cc1. The van der Waals surface area contributed by atoms with E-state index in [9.17, 15) is 13.2 Å². The predicted octanol–water partition coefficient (Wildman–Crippen LogP) is 3.28. The molecule has 0 radical (unpaired) electrons. The summed E-state index contributed by atoms with van der Waals surface area (Å²) in [6.45, 7) is 1.86. The zero-order valence-electron chi connectivity index (χ0n) is 14.7. The third-order valence-corrected chi connectivity index (χ3v) is 4.84. The van der Waals surface area contributed by atoms with Crippen molar-refractivity contribution in [1.82, 2.24) is 4.72 Å². The molecule has 1 atom stereocenters. The molecule has 2 N–H and O–H groups in total. The maximum Gasteiger partial charge on any atom is 0.226 e. The van der Waals surface area contributed by atoms with Crippen LogP contribution in [0.25, 0.3) is 0 Å². The van der Waals surface area contributed by atoms with Crippen LogP contribution in [-0.2, 0) is 14.8 Å². The Labute approximate surface area is 158 Å². The van der Waals surface area contributed by atoms with E-state index in [4.69, 9.17) is 16.3 Å². The Morgan fingerprint density at radius 2 is 1.85 bits per heavy atom. The van der Waals surface area contributed by atoms with Crippen LogP contribution < -0.4 is 14.8 Å². The van der Waals surface area contributed by atoms with Crippen molar-refractivity contribution in [2.45, 2.75) is 19.4 Å². The molecule has 0 aromatic heterocycles. The van der Waals surface area contributed by atoms with Gasteiger partial charge in [-0.05, 0) is 42.3 Å².